The lowest BCUT2D eigenvalue weighted by atomic mass is 10.1. The van der Waals surface area contributed by atoms with Gasteiger partial charge in [-0.3, -0.25) is 0 Å². The molecule has 0 atom stereocenters. The molecule has 1 aromatic heterocycles. The minimum atomic E-state index is -0.592. The van der Waals surface area contributed by atoms with Gasteiger partial charge in [0, 0.05) is 11.1 Å². The van der Waals surface area contributed by atoms with Crippen LogP contribution in [0.5, 0.6) is 0 Å². The van der Waals surface area contributed by atoms with Gasteiger partial charge >= 0.3 is 11.9 Å². The Morgan fingerprint density at radius 3 is 2.09 bits per heavy atom. The Morgan fingerprint density at radius 2 is 1.43 bits per heavy atom. The second kappa shape index (κ2) is 5.96. The van der Waals surface area contributed by atoms with Crippen LogP contribution >= 0.6 is 0 Å². The van der Waals surface area contributed by atoms with E-state index in [2.05, 4.69) is 0 Å². The highest BCUT2D eigenvalue weighted by atomic mass is 16.5. The number of rotatable bonds is 3. The molecule has 0 bridgehead atoms. The van der Waals surface area contributed by atoms with Crippen LogP contribution in [0.15, 0.2) is 54.6 Å². The highest BCUT2D eigenvalue weighted by Gasteiger charge is 2.28. The summed E-state index contributed by atoms with van der Waals surface area (Å²) in [6, 6.07) is 16.6. The van der Waals surface area contributed by atoms with E-state index in [1.807, 2.05) is 48.5 Å². The molecule has 3 rings (SSSR count). The first kappa shape index (κ1) is 14.8. The fraction of sp³-hybridized carbons (Fsp3) is 0.111. The number of hydrogen-bond donors (Lipinski definition) is 0. The van der Waals surface area contributed by atoms with Crippen molar-refractivity contribution in [2.75, 3.05) is 14.2 Å². The predicted octanol–water partition coefficient (Wildman–Crippen LogP) is 3.20. The normalized spacial score (nSPS) is 10.5. The zero-order valence-corrected chi connectivity index (χ0v) is 12.8. The molecule has 0 spiro atoms. The monoisotopic (exact) mass is 309 g/mol. The first-order chi connectivity index (χ1) is 11.2. The van der Waals surface area contributed by atoms with Gasteiger partial charge in [-0.25, -0.2) is 9.59 Å². The largest absolute Gasteiger partial charge is 0.465 e. The molecule has 23 heavy (non-hydrogen) atoms. The number of ether oxygens (including phenoxy) is 2. The molecule has 3 aromatic rings. The number of benzene rings is 2. The van der Waals surface area contributed by atoms with Crippen molar-refractivity contribution < 1.29 is 19.1 Å². The summed E-state index contributed by atoms with van der Waals surface area (Å²) in [5, 5.41) is 0.642. The molecule has 2 aromatic carbocycles. The van der Waals surface area contributed by atoms with Gasteiger partial charge in [0.05, 0.1) is 19.7 Å². The van der Waals surface area contributed by atoms with Crippen molar-refractivity contribution in [3.05, 3.63) is 65.9 Å². The lowest BCUT2D eigenvalue weighted by molar-refractivity contribution is 0.0551. The predicted molar refractivity (Wildman–Crippen MR) is 86.0 cm³/mol. The third-order valence-electron chi connectivity index (χ3n) is 3.66. The van der Waals surface area contributed by atoms with Gasteiger partial charge < -0.3 is 14.0 Å². The lowest BCUT2D eigenvalue weighted by Crippen LogP contribution is -2.14. The summed E-state index contributed by atoms with van der Waals surface area (Å²) in [6.07, 6.45) is 0. The Hall–Kier alpha value is -3.08. The van der Waals surface area contributed by atoms with E-state index >= 15 is 0 Å². The molecular weight excluding hydrogens is 294 g/mol. The van der Waals surface area contributed by atoms with Crippen molar-refractivity contribution in [1.29, 1.82) is 0 Å². The van der Waals surface area contributed by atoms with E-state index < -0.39 is 11.9 Å². The molecular formula is C18H15NO4. The van der Waals surface area contributed by atoms with Gasteiger partial charge in [0.15, 0.2) is 0 Å². The van der Waals surface area contributed by atoms with Crippen LogP contribution < -0.4 is 0 Å². The SMILES string of the molecule is COC(=O)c1c(C(=O)OC)n(-c2ccccc2)c2ccccc12. The summed E-state index contributed by atoms with van der Waals surface area (Å²) < 4.78 is 11.5. The Bertz CT molecular complexity index is 881. The minimum absolute atomic E-state index is 0.159. The summed E-state index contributed by atoms with van der Waals surface area (Å²) in [5.41, 5.74) is 1.87. The Balaban J connectivity index is 2.47. The first-order valence-electron chi connectivity index (χ1n) is 7.04. The number of para-hydroxylation sites is 2. The maximum atomic E-state index is 12.4. The number of nitrogens with zero attached hydrogens (tertiary/aromatic N) is 1. The number of aromatic nitrogens is 1. The van der Waals surface area contributed by atoms with E-state index in [0.717, 1.165) is 11.2 Å². The van der Waals surface area contributed by atoms with Crippen LogP contribution in [0.3, 0.4) is 0 Å². The number of carbonyl (C=O) groups is 2. The summed E-state index contributed by atoms with van der Waals surface area (Å²) >= 11 is 0. The zero-order chi connectivity index (χ0) is 16.4. The molecule has 0 amide bonds. The van der Waals surface area contributed by atoms with Crippen LogP contribution in [0.4, 0.5) is 0 Å². The molecule has 5 heteroatoms. The summed E-state index contributed by atoms with van der Waals surface area (Å²) in [5.74, 6) is -1.17. The molecule has 0 fully saturated rings. The van der Waals surface area contributed by atoms with Crippen molar-refractivity contribution in [3.63, 3.8) is 0 Å². The fourth-order valence-electron chi connectivity index (χ4n) is 2.68. The van der Waals surface area contributed by atoms with Crippen LogP contribution in [-0.4, -0.2) is 30.7 Å². The van der Waals surface area contributed by atoms with E-state index in [1.54, 1.807) is 10.6 Å². The summed E-state index contributed by atoms with van der Waals surface area (Å²) in [7, 11) is 2.58. The second-order valence-electron chi connectivity index (χ2n) is 4.89. The minimum Gasteiger partial charge on any atom is -0.465 e. The van der Waals surface area contributed by atoms with Crippen LogP contribution in [0.25, 0.3) is 16.6 Å². The van der Waals surface area contributed by atoms with Gasteiger partial charge in [-0.2, -0.15) is 0 Å². The molecule has 116 valence electrons. The Kier molecular flexibility index (Phi) is 3.85. The second-order valence-corrected chi connectivity index (χ2v) is 4.89. The molecule has 1 heterocycles. The highest BCUT2D eigenvalue weighted by molar-refractivity contribution is 6.13. The number of fused-ring (bicyclic) bond motifs is 1. The van der Waals surface area contributed by atoms with Crippen molar-refractivity contribution in [2.24, 2.45) is 0 Å². The van der Waals surface area contributed by atoms with Crippen molar-refractivity contribution in [3.8, 4) is 5.69 Å². The van der Waals surface area contributed by atoms with Crippen molar-refractivity contribution in [2.45, 2.75) is 0 Å². The average Bonchev–Trinajstić information content (AvgIpc) is 2.96. The molecule has 0 saturated heterocycles. The number of methoxy groups -OCH3 is 2. The molecule has 0 saturated carbocycles. The van der Waals surface area contributed by atoms with Gasteiger partial charge in [0.25, 0.3) is 0 Å². The number of carbonyl (C=O) groups excluding carboxylic acids is 2. The maximum absolute atomic E-state index is 12.4. The van der Waals surface area contributed by atoms with E-state index in [-0.39, 0.29) is 11.3 Å². The van der Waals surface area contributed by atoms with Gasteiger partial charge in [0.1, 0.15) is 11.3 Å². The fourth-order valence-corrected chi connectivity index (χ4v) is 2.68. The average molecular weight is 309 g/mol. The first-order valence-corrected chi connectivity index (χ1v) is 7.04. The van der Waals surface area contributed by atoms with E-state index in [4.69, 9.17) is 9.47 Å². The standard InChI is InChI=1S/C18H15NO4/c1-22-17(20)15-13-10-6-7-11-14(13)19(16(15)18(21)23-2)12-8-4-3-5-9-12/h3-11H,1-2H3. The molecule has 5 nitrogen and oxygen atoms in total. The number of esters is 2. The van der Waals surface area contributed by atoms with E-state index in [9.17, 15) is 9.59 Å². The molecule has 0 N–H and O–H groups in total. The van der Waals surface area contributed by atoms with Crippen LogP contribution in [-0.2, 0) is 9.47 Å². The summed E-state index contributed by atoms with van der Waals surface area (Å²) in [6.45, 7) is 0. The summed E-state index contributed by atoms with van der Waals surface area (Å²) in [4.78, 5) is 24.6. The van der Waals surface area contributed by atoms with Crippen LogP contribution in [0.2, 0.25) is 0 Å². The maximum Gasteiger partial charge on any atom is 0.355 e. The van der Waals surface area contributed by atoms with Gasteiger partial charge in [0.2, 0.25) is 0 Å². The third-order valence-corrected chi connectivity index (χ3v) is 3.66. The molecule has 0 aliphatic heterocycles. The van der Waals surface area contributed by atoms with Crippen molar-refractivity contribution >= 4 is 22.8 Å². The lowest BCUT2D eigenvalue weighted by Gasteiger charge is -2.10. The van der Waals surface area contributed by atoms with Gasteiger partial charge in [-0.15, -0.1) is 0 Å². The van der Waals surface area contributed by atoms with E-state index in [1.165, 1.54) is 14.2 Å². The quantitative estimate of drug-likeness (QED) is 0.697. The van der Waals surface area contributed by atoms with Crippen molar-refractivity contribution in [1.82, 2.24) is 4.57 Å². The highest BCUT2D eigenvalue weighted by Crippen LogP contribution is 2.30. The van der Waals surface area contributed by atoms with E-state index in [0.29, 0.717) is 5.39 Å². The Labute approximate surface area is 133 Å². The smallest absolute Gasteiger partial charge is 0.355 e. The topological polar surface area (TPSA) is 57.5 Å². The van der Waals surface area contributed by atoms with Gasteiger partial charge in [-0.1, -0.05) is 36.4 Å². The number of hydrogen-bond acceptors (Lipinski definition) is 4. The van der Waals surface area contributed by atoms with Crippen LogP contribution in [0.1, 0.15) is 20.8 Å². The molecule has 0 radical (unpaired) electrons. The molecule has 0 aliphatic carbocycles. The third kappa shape index (κ3) is 2.36. The molecule has 0 unspecified atom stereocenters. The Morgan fingerprint density at radius 1 is 0.826 bits per heavy atom. The molecule has 0 aliphatic rings. The zero-order valence-electron chi connectivity index (χ0n) is 12.8. The van der Waals surface area contributed by atoms with Gasteiger partial charge in [-0.05, 0) is 18.2 Å². The van der Waals surface area contributed by atoms with Crippen LogP contribution in [0, 0.1) is 0 Å².